The second-order valence-electron chi connectivity index (χ2n) is 3.90. The van der Waals surface area contributed by atoms with E-state index >= 15 is 0 Å². The van der Waals surface area contributed by atoms with E-state index in [9.17, 15) is 4.79 Å². The van der Waals surface area contributed by atoms with Crippen LogP contribution in [0.5, 0.6) is 0 Å². The first-order valence-electron chi connectivity index (χ1n) is 6.33. The number of nitrogens with zero attached hydrogens (tertiary/aromatic N) is 3. The van der Waals surface area contributed by atoms with E-state index in [4.69, 9.17) is 9.47 Å². The number of esters is 1. The Balaban J connectivity index is 2.71. The molecule has 0 bridgehead atoms. The fourth-order valence-electron chi connectivity index (χ4n) is 1.71. The molecule has 1 aromatic heterocycles. The van der Waals surface area contributed by atoms with E-state index in [0.29, 0.717) is 25.5 Å². The van der Waals surface area contributed by atoms with Crippen molar-refractivity contribution in [3.05, 3.63) is 11.4 Å². The molecule has 18 heavy (non-hydrogen) atoms. The van der Waals surface area contributed by atoms with Gasteiger partial charge in [0, 0.05) is 19.8 Å². The maximum Gasteiger partial charge on any atom is 0.360 e. The van der Waals surface area contributed by atoms with Gasteiger partial charge >= 0.3 is 5.97 Å². The van der Waals surface area contributed by atoms with Crippen molar-refractivity contribution in [2.75, 3.05) is 20.3 Å². The number of rotatable bonds is 8. The average molecular weight is 255 g/mol. The zero-order valence-corrected chi connectivity index (χ0v) is 11.3. The summed E-state index contributed by atoms with van der Waals surface area (Å²) in [5.74, 6) is -0.422. The molecule has 0 aliphatic rings. The second-order valence-corrected chi connectivity index (χ2v) is 3.90. The molecule has 0 unspecified atom stereocenters. The van der Waals surface area contributed by atoms with Gasteiger partial charge in [0.2, 0.25) is 0 Å². The van der Waals surface area contributed by atoms with Gasteiger partial charge in [-0.15, -0.1) is 5.10 Å². The summed E-state index contributed by atoms with van der Waals surface area (Å²) in [6, 6.07) is 0. The molecule has 0 aromatic carbocycles. The number of carbonyl (C=O) groups excluding carboxylic acids is 1. The van der Waals surface area contributed by atoms with Crippen molar-refractivity contribution in [3.8, 4) is 0 Å². The zero-order chi connectivity index (χ0) is 13.4. The fraction of sp³-hybridized carbons (Fsp3) is 0.750. The van der Waals surface area contributed by atoms with E-state index in [1.165, 1.54) is 7.11 Å². The molecule has 0 radical (unpaired) electrons. The van der Waals surface area contributed by atoms with Crippen molar-refractivity contribution in [3.63, 3.8) is 0 Å². The number of aromatic nitrogens is 3. The third kappa shape index (κ3) is 3.80. The van der Waals surface area contributed by atoms with Crippen LogP contribution in [0.25, 0.3) is 0 Å². The zero-order valence-electron chi connectivity index (χ0n) is 11.3. The molecule has 1 aromatic rings. The molecule has 0 spiro atoms. The summed E-state index contributed by atoms with van der Waals surface area (Å²) in [5.41, 5.74) is 1.18. The summed E-state index contributed by atoms with van der Waals surface area (Å²) in [6.45, 7) is 6.13. The van der Waals surface area contributed by atoms with Crippen LogP contribution in [0, 0.1) is 0 Å². The number of hydrogen-bond acceptors (Lipinski definition) is 5. The smallest absolute Gasteiger partial charge is 0.360 e. The number of ether oxygens (including phenoxy) is 2. The molecule has 0 saturated heterocycles. The Morgan fingerprint density at radius 1 is 1.39 bits per heavy atom. The van der Waals surface area contributed by atoms with Gasteiger partial charge in [-0.2, -0.15) is 0 Å². The largest absolute Gasteiger partial charge is 0.464 e. The lowest BCUT2D eigenvalue weighted by atomic mass is 10.2. The monoisotopic (exact) mass is 255 g/mol. The average Bonchev–Trinajstić information content (AvgIpc) is 2.77. The molecule has 6 nitrogen and oxygen atoms in total. The molecule has 0 atom stereocenters. The lowest BCUT2D eigenvalue weighted by molar-refractivity contribution is 0.0592. The summed E-state index contributed by atoms with van der Waals surface area (Å²) >= 11 is 0. The van der Waals surface area contributed by atoms with Crippen molar-refractivity contribution in [1.82, 2.24) is 15.0 Å². The van der Waals surface area contributed by atoms with E-state index in [-0.39, 0.29) is 0 Å². The van der Waals surface area contributed by atoms with Gasteiger partial charge in [-0.05, 0) is 19.8 Å². The lowest BCUT2D eigenvalue weighted by Gasteiger charge is -2.06. The van der Waals surface area contributed by atoms with E-state index in [1.807, 2.05) is 6.92 Å². The quantitative estimate of drug-likeness (QED) is 0.519. The van der Waals surface area contributed by atoms with E-state index in [1.54, 1.807) is 4.68 Å². The fourth-order valence-corrected chi connectivity index (χ4v) is 1.71. The van der Waals surface area contributed by atoms with Gasteiger partial charge in [0.15, 0.2) is 5.69 Å². The highest BCUT2D eigenvalue weighted by Crippen LogP contribution is 2.10. The van der Waals surface area contributed by atoms with Crippen molar-refractivity contribution in [2.45, 2.75) is 39.7 Å². The van der Waals surface area contributed by atoms with Gasteiger partial charge in [-0.1, -0.05) is 18.6 Å². The molecule has 6 heteroatoms. The van der Waals surface area contributed by atoms with Crippen LogP contribution in [0.3, 0.4) is 0 Å². The summed E-state index contributed by atoms with van der Waals surface area (Å²) in [7, 11) is 1.35. The van der Waals surface area contributed by atoms with Crippen molar-refractivity contribution in [2.24, 2.45) is 0 Å². The summed E-state index contributed by atoms with van der Waals surface area (Å²) < 4.78 is 11.8. The Labute approximate surface area is 107 Å². The Bertz CT molecular complexity index is 377. The molecule has 1 rings (SSSR count). The second kappa shape index (κ2) is 7.81. The first-order valence-corrected chi connectivity index (χ1v) is 6.33. The number of methoxy groups -OCH3 is 1. The molecule has 0 saturated carbocycles. The molecule has 0 aliphatic heterocycles. The third-order valence-corrected chi connectivity index (χ3v) is 2.57. The minimum Gasteiger partial charge on any atom is -0.464 e. The van der Waals surface area contributed by atoms with Crippen LogP contribution in [-0.4, -0.2) is 41.3 Å². The predicted octanol–water partition coefficient (Wildman–Crippen LogP) is 1.44. The molecule has 1 heterocycles. The van der Waals surface area contributed by atoms with Crippen molar-refractivity contribution < 1.29 is 14.3 Å². The van der Waals surface area contributed by atoms with Crippen molar-refractivity contribution in [1.29, 1.82) is 0 Å². The predicted molar refractivity (Wildman–Crippen MR) is 66.5 cm³/mol. The summed E-state index contributed by atoms with van der Waals surface area (Å²) in [4.78, 5) is 11.5. The summed E-state index contributed by atoms with van der Waals surface area (Å²) in [5, 5.41) is 7.91. The highest BCUT2D eigenvalue weighted by molar-refractivity contribution is 5.88. The van der Waals surface area contributed by atoms with Crippen LogP contribution in [0.1, 0.15) is 42.9 Å². The van der Waals surface area contributed by atoms with Gasteiger partial charge < -0.3 is 9.47 Å². The van der Waals surface area contributed by atoms with Crippen LogP contribution in [0.15, 0.2) is 0 Å². The highest BCUT2D eigenvalue weighted by atomic mass is 16.5. The number of hydrogen-bond donors (Lipinski definition) is 0. The Hall–Kier alpha value is -1.43. The normalized spacial score (nSPS) is 10.6. The SMILES string of the molecule is CCCc1c(C(=O)OC)nnn1CCCOCC. The maximum absolute atomic E-state index is 11.5. The standard InChI is InChI=1S/C12H21N3O3/c1-4-7-10-11(12(16)17-3)13-14-15(10)8-6-9-18-5-2/h4-9H2,1-3H3. The number of carbonyl (C=O) groups is 1. The minimum absolute atomic E-state index is 0.329. The third-order valence-electron chi connectivity index (χ3n) is 2.57. The van der Waals surface area contributed by atoms with E-state index in [2.05, 4.69) is 17.2 Å². The highest BCUT2D eigenvalue weighted by Gasteiger charge is 2.19. The number of aryl methyl sites for hydroxylation is 1. The topological polar surface area (TPSA) is 66.2 Å². The van der Waals surface area contributed by atoms with E-state index < -0.39 is 5.97 Å². The molecular formula is C12H21N3O3. The van der Waals surface area contributed by atoms with E-state index in [0.717, 1.165) is 25.0 Å². The molecule has 0 fully saturated rings. The van der Waals surface area contributed by atoms with Crippen LogP contribution >= 0.6 is 0 Å². The maximum atomic E-state index is 11.5. The molecule has 102 valence electrons. The van der Waals surface area contributed by atoms with Crippen LogP contribution in [0.2, 0.25) is 0 Å². The van der Waals surface area contributed by atoms with Gasteiger partial charge in [0.25, 0.3) is 0 Å². The van der Waals surface area contributed by atoms with Gasteiger partial charge in [-0.3, -0.25) is 0 Å². The minimum atomic E-state index is -0.422. The van der Waals surface area contributed by atoms with Crippen molar-refractivity contribution >= 4 is 5.97 Å². The van der Waals surface area contributed by atoms with Gasteiger partial charge in [-0.25, -0.2) is 9.48 Å². The van der Waals surface area contributed by atoms with Crippen LogP contribution in [0.4, 0.5) is 0 Å². The molecule has 0 amide bonds. The molecule has 0 N–H and O–H groups in total. The van der Waals surface area contributed by atoms with Crippen LogP contribution in [-0.2, 0) is 22.4 Å². The first-order chi connectivity index (χ1) is 8.74. The van der Waals surface area contributed by atoms with Crippen LogP contribution < -0.4 is 0 Å². The summed E-state index contributed by atoms with van der Waals surface area (Å²) in [6.07, 6.45) is 2.56. The Kier molecular flexibility index (Phi) is 6.35. The van der Waals surface area contributed by atoms with Gasteiger partial charge in [0.1, 0.15) is 0 Å². The Morgan fingerprint density at radius 3 is 2.78 bits per heavy atom. The van der Waals surface area contributed by atoms with Gasteiger partial charge in [0.05, 0.1) is 12.8 Å². The lowest BCUT2D eigenvalue weighted by Crippen LogP contribution is -2.11. The molecular weight excluding hydrogens is 234 g/mol. The first kappa shape index (κ1) is 14.6. The Morgan fingerprint density at radius 2 is 2.17 bits per heavy atom. The molecule has 0 aliphatic carbocycles.